The van der Waals surface area contributed by atoms with E-state index < -0.39 is 10.0 Å². The second-order valence-corrected chi connectivity index (χ2v) is 8.91. The number of allylic oxidation sites excluding steroid dienone is 2. The number of nitrogens with zero attached hydrogens (tertiary/aromatic N) is 1. The first-order valence-corrected chi connectivity index (χ1v) is 9.68. The second kappa shape index (κ2) is 5.43. The summed E-state index contributed by atoms with van der Waals surface area (Å²) >= 11 is 0. The predicted octanol–water partition coefficient (Wildman–Crippen LogP) is 1.75. The van der Waals surface area contributed by atoms with Crippen molar-refractivity contribution in [1.29, 1.82) is 0 Å². The van der Waals surface area contributed by atoms with Crippen molar-refractivity contribution in [3.63, 3.8) is 0 Å². The molecule has 0 aromatic heterocycles. The Morgan fingerprint density at radius 1 is 1.35 bits per heavy atom. The molecule has 1 atom stereocenters. The Hall–Kier alpha value is -0.390. The van der Waals surface area contributed by atoms with Gasteiger partial charge in [0, 0.05) is 19.1 Å². The summed E-state index contributed by atoms with van der Waals surface area (Å²) < 4.78 is 25.2. The lowest BCUT2D eigenvalue weighted by Gasteiger charge is -2.45. The van der Waals surface area contributed by atoms with Crippen LogP contribution in [0.5, 0.6) is 0 Å². The number of nitrogens with one attached hydrogen (secondary N) is 1. The SMILES string of the molecule is CS(=O)(=O)NC1CC2(CCN(C[C@@H]3CC=CCC3)C2)C1. The quantitative estimate of drug-likeness (QED) is 0.804. The lowest BCUT2D eigenvalue weighted by atomic mass is 9.65. The third-order valence-corrected chi connectivity index (χ3v) is 5.91. The fourth-order valence-electron chi connectivity index (χ4n) is 4.28. The van der Waals surface area contributed by atoms with E-state index in [2.05, 4.69) is 21.8 Å². The van der Waals surface area contributed by atoms with Crippen LogP contribution in [0.3, 0.4) is 0 Å². The highest BCUT2D eigenvalue weighted by Crippen LogP contribution is 2.48. The van der Waals surface area contributed by atoms with E-state index in [1.807, 2.05) is 0 Å². The van der Waals surface area contributed by atoms with Crippen molar-refractivity contribution in [3.8, 4) is 0 Å². The van der Waals surface area contributed by atoms with Crippen LogP contribution in [-0.2, 0) is 10.0 Å². The van der Waals surface area contributed by atoms with E-state index in [1.54, 1.807) is 0 Å². The van der Waals surface area contributed by atoms with E-state index in [0.717, 1.165) is 18.8 Å². The van der Waals surface area contributed by atoms with Crippen LogP contribution < -0.4 is 4.72 Å². The topological polar surface area (TPSA) is 49.4 Å². The van der Waals surface area contributed by atoms with Crippen LogP contribution in [0.4, 0.5) is 0 Å². The van der Waals surface area contributed by atoms with Gasteiger partial charge < -0.3 is 4.90 Å². The molecule has 20 heavy (non-hydrogen) atoms. The molecule has 1 saturated carbocycles. The van der Waals surface area contributed by atoms with Crippen molar-refractivity contribution in [3.05, 3.63) is 12.2 Å². The second-order valence-electron chi connectivity index (χ2n) is 7.13. The van der Waals surface area contributed by atoms with Crippen LogP contribution in [0.25, 0.3) is 0 Å². The average molecular weight is 298 g/mol. The van der Waals surface area contributed by atoms with E-state index in [1.165, 1.54) is 51.6 Å². The largest absolute Gasteiger partial charge is 0.302 e. The summed E-state index contributed by atoms with van der Waals surface area (Å²) in [5.74, 6) is 0.833. The van der Waals surface area contributed by atoms with Crippen molar-refractivity contribution in [2.75, 3.05) is 25.9 Å². The molecule has 1 saturated heterocycles. The molecule has 0 unspecified atom stereocenters. The molecule has 0 bridgehead atoms. The maximum atomic E-state index is 11.2. The van der Waals surface area contributed by atoms with Crippen LogP contribution in [0.1, 0.15) is 38.5 Å². The van der Waals surface area contributed by atoms with Gasteiger partial charge >= 0.3 is 0 Å². The Balaban J connectivity index is 1.45. The monoisotopic (exact) mass is 298 g/mol. The molecule has 114 valence electrons. The van der Waals surface area contributed by atoms with Gasteiger partial charge in [-0.1, -0.05) is 12.2 Å². The van der Waals surface area contributed by atoms with Crippen molar-refractivity contribution >= 4 is 10.0 Å². The molecule has 0 aromatic rings. The van der Waals surface area contributed by atoms with Gasteiger partial charge in [0.25, 0.3) is 0 Å². The summed E-state index contributed by atoms with van der Waals surface area (Å²) in [6.07, 6.45) is 13.0. The van der Waals surface area contributed by atoms with Crippen LogP contribution in [0, 0.1) is 11.3 Å². The van der Waals surface area contributed by atoms with Crippen molar-refractivity contribution in [2.45, 2.75) is 44.6 Å². The maximum absolute atomic E-state index is 11.2. The number of hydrogen-bond acceptors (Lipinski definition) is 3. The highest BCUT2D eigenvalue weighted by atomic mass is 32.2. The zero-order valence-electron chi connectivity index (χ0n) is 12.3. The highest BCUT2D eigenvalue weighted by Gasteiger charge is 2.49. The van der Waals surface area contributed by atoms with E-state index in [4.69, 9.17) is 0 Å². The van der Waals surface area contributed by atoms with Gasteiger partial charge in [-0.05, 0) is 56.4 Å². The Kier molecular flexibility index (Phi) is 3.95. The number of hydrogen-bond donors (Lipinski definition) is 1. The summed E-state index contributed by atoms with van der Waals surface area (Å²) in [6, 6.07) is 0.183. The molecule has 3 rings (SSSR count). The fourth-order valence-corrected chi connectivity index (χ4v) is 5.05. The molecule has 4 nitrogen and oxygen atoms in total. The molecule has 5 heteroatoms. The predicted molar refractivity (Wildman–Crippen MR) is 81.0 cm³/mol. The first kappa shape index (κ1) is 14.5. The fraction of sp³-hybridized carbons (Fsp3) is 0.867. The summed E-state index contributed by atoms with van der Waals surface area (Å²) in [7, 11) is -3.04. The van der Waals surface area contributed by atoms with Crippen molar-refractivity contribution < 1.29 is 8.42 Å². The van der Waals surface area contributed by atoms with E-state index in [-0.39, 0.29) is 6.04 Å². The van der Waals surface area contributed by atoms with Gasteiger partial charge in [-0.15, -0.1) is 0 Å². The third kappa shape index (κ3) is 3.43. The molecule has 0 aromatic carbocycles. The molecule has 3 aliphatic rings. The summed E-state index contributed by atoms with van der Waals surface area (Å²) in [5, 5.41) is 0. The van der Waals surface area contributed by atoms with Crippen molar-refractivity contribution in [1.82, 2.24) is 9.62 Å². The van der Waals surface area contributed by atoms with E-state index in [0.29, 0.717) is 5.41 Å². The van der Waals surface area contributed by atoms with Crippen LogP contribution >= 0.6 is 0 Å². The molecule has 0 amide bonds. The Bertz CT molecular complexity index is 480. The van der Waals surface area contributed by atoms with Crippen molar-refractivity contribution in [2.24, 2.45) is 11.3 Å². The lowest BCUT2D eigenvalue weighted by Crippen LogP contribution is -2.51. The molecular weight excluding hydrogens is 272 g/mol. The first-order chi connectivity index (χ1) is 9.44. The lowest BCUT2D eigenvalue weighted by molar-refractivity contribution is 0.0987. The molecule has 2 aliphatic carbocycles. The summed E-state index contributed by atoms with van der Waals surface area (Å²) in [6.45, 7) is 3.61. The third-order valence-electron chi connectivity index (χ3n) is 5.15. The molecule has 2 fully saturated rings. The summed E-state index contributed by atoms with van der Waals surface area (Å²) in [5.41, 5.74) is 0.410. The standard InChI is InChI=1S/C15H26N2O2S/c1-20(18,19)16-14-9-15(10-14)7-8-17(12-15)11-13-5-3-2-4-6-13/h2-3,13-14,16H,4-12H2,1H3/t13-,14?,15?/m1/s1. The van der Waals surface area contributed by atoms with Gasteiger partial charge in [0.2, 0.25) is 10.0 Å². The number of rotatable bonds is 4. The summed E-state index contributed by atoms with van der Waals surface area (Å²) in [4.78, 5) is 2.61. The van der Waals surface area contributed by atoms with Crippen LogP contribution in [-0.4, -0.2) is 45.2 Å². The molecular formula is C15H26N2O2S. The van der Waals surface area contributed by atoms with Gasteiger partial charge in [0.05, 0.1) is 6.26 Å². The van der Waals surface area contributed by atoms with Crippen LogP contribution in [0.2, 0.25) is 0 Å². The molecule has 1 aliphatic heterocycles. The molecule has 1 spiro atoms. The van der Waals surface area contributed by atoms with E-state index >= 15 is 0 Å². The zero-order chi connectivity index (χ0) is 14.2. The van der Waals surface area contributed by atoms with Gasteiger partial charge in [-0.2, -0.15) is 0 Å². The zero-order valence-corrected chi connectivity index (χ0v) is 13.2. The van der Waals surface area contributed by atoms with E-state index in [9.17, 15) is 8.42 Å². The molecule has 1 N–H and O–H groups in total. The minimum Gasteiger partial charge on any atom is -0.302 e. The molecule has 1 heterocycles. The maximum Gasteiger partial charge on any atom is 0.208 e. The first-order valence-electron chi connectivity index (χ1n) is 7.79. The van der Waals surface area contributed by atoms with Crippen LogP contribution in [0.15, 0.2) is 12.2 Å². The molecule has 0 radical (unpaired) electrons. The number of likely N-dealkylation sites (tertiary alicyclic amines) is 1. The number of sulfonamides is 1. The van der Waals surface area contributed by atoms with Gasteiger partial charge in [-0.3, -0.25) is 0 Å². The van der Waals surface area contributed by atoms with Gasteiger partial charge in [-0.25, -0.2) is 13.1 Å². The Morgan fingerprint density at radius 2 is 2.15 bits per heavy atom. The minimum atomic E-state index is -3.04. The normalized spacial score (nSPS) is 38.2. The smallest absolute Gasteiger partial charge is 0.208 e. The van der Waals surface area contributed by atoms with Gasteiger partial charge in [0.15, 0.2) is 0 Å². The highest BCUT2D eigenvalue weighted by molar-refractivity contribution is 7.88. The Labute approximate surface area is 122 Å². The average Bonchev–Trinajstić information content (AvgIpc) is 2.72. The minimum absolute atomic E-state index is 0.183. The Morgan fingerprint density at radius 3 is 2.80 bits per heavy atom. The van der Waals surface area contributed by atoms with Gasteiger partial charge in [0.1, 0.15) is 0 Å².